The van der Waals surface area contributed by atoms with Crippen molar-refractivity contribution in [1.29, 1.82) is 0 Å². The second-order valence-electron chi connectivity index (χ2n) is 5.90. The number of nitrogens with two attached hydrogens (primary N) is 1. The van der Waals surface area contributed by atoms with E-state index in [-0.39, 0.29) is 0 Å². The largest absolute Gasteiger partial charge is 0.398 e. The van der Waals surface area contributed by atoms with E-state index in [0.29, 0.717) is 0 Å². The second kappa shape index (κ2) is 6.31. The Hall–Kier alpha value is -1.81. The number of nitrogens with zero attached hydrogens (tertiary/aromatic N) is 2. The summed E-state index contributed by atoms with van der Waals surface area (Å²) in [5.41, 5.74) is 9.01. The van der Waals surface area contributed by atoms with Crippen LogP contribution in [0.25, 0.3) is 10.8 Å². The summed E-state index contributed by atoms with van der Waals surface area (Å²) in [4.78, 5) is 6.90. The Labute approximate surface area is 126 Å². The van der Waals surface area contributed by atoms with Gasteiger partial charge in [-0.15, -0.1) is 0 Å². The lowest BCUT2D eigenvalue weighted by Crippen LogP contribution is -2.22. The summed E-state index contributed by atoms with van der Waals surface area (Å²) >= 11 is 0. The van der Waals surface area contributed by atoms with Crippen LogP contribution in [0.3, 0.4) is 0 Å². The van der Waals surface area contributed by atoms with Gasteiger partial charge in [-0.25, -0.2) is 0 Å². The van der Waals surface area contributed by atoms with Crippen molar-refractivity contribution in [3.63, 3.8) is 0 Å². The van der Waals surface area contributed by atoms with Crippen LogP contribution in [0.5, 0.6) is 0 Å². The van der Waals surface area contributed by atoms with Gasteiger partial charge in [-0.1, -0.05) is 0 Å². The third-order valence-corrected chi connectivity index (χ3v) is 4.24. The van der Waals surface area contributed by atoms with Crippen LogP contribution >= 0.6 is 0 Å². The fraction of sp³-hybridized carbons (Fsp3) is 0.471. The zero-order chi connectivity index (χ0) is 14.7. The van der Waals surface area contributed by atoms with E-state index < -0.39 is 0 Å². The Morgan fingerprint density at radius 2 is 2.05 bits per heavy atom. The first-order chi connectivity index (χ1) is 10.2. The highest BCUT2D eigenvalue weighted by molar-refractivity contribution is 6.00. The van der Waals surface area contributed by atoms with Gasteiger partial charge in [-0.3, -0.25) is 4.98 Å². The van der Waals surface area contributed by atoms with Crippen molar-refractivity contribution in [3.8, 4) is 0 Å². The highest BCUT2D eigenvalue weighted by Crippen LogP contribution is 2.28. The lowest BCUT2D eigenvalue weighted by molar-refractivity contribution is 0.337. The number of nitrogen functional groups attached to an aromatic ring is 1. The van der Waals surface area contributed by atoms with Crippen molar-refractivity contribution in [2.45, 2.75) is 26.2 Å². The van der Waals surface area contributed by atoms with Crippen LogP contribution in [0, 0.1) is 6.92 Å². The van der Waals surface area contributed by atoms with Crippen LogP contribution in [0.15, 0.2) is 24.4 Å². The van der Waals surface area contributed by atoms with Gasteiger partial charge in [0.15, 0.2) is 0 Å². The number of hydrogen-bond acceptors (Lipinski definition) is 4. The van der Waals surface area contributed by atoms with Gasteiger partial charge in [0.2, 0.25) is 0 Å². The molecule has 0 amide bonds. The third-order valence-electron chi connectivity index (χ3n) is 4.24. The van der Waals surface area contributed by atoms with Gasteiger partial charge < -0.3 is 16.0 Å². The van der Waals surface area contributed by atoms with E-state index in [9.17, 15) is 0 Å². The van der Waals surface area contributed by atoms with Crippen LogP contribution in [0.1, 0.15) is 25.0 Å². The summed E-state index contributed by atoms with van der Waals surface area (Å²) in [6.45, 7) is 6.75. The van der Waals surface area contributed by atoms with Crippen LogP contribution in [-0.2, 0) is 0 Å². The number of fused-ring (bicyclic) bond motifs is 1. The molecule has 1 saturated heterocycles. The molecule has 0 atom stereocenters. The fourth-order valence-corrected chi connectivity index (χ4v) is 3.05. The molecule has 1 aliphatic rings. The van der Waals surface area contributed by atoms with Crippen molar-refractivity contribution in [3.05, 3.63) is 30.1 Å². The summed E-state index contributed by atoms with van der Waals surface area (Å²) in [6, 6.07) is 6.14. The van der Waals surface area contributed by atoms with Crippen molar-refractivity contribution in [2.24, 2.45) is 0 Å². The maximum Gasteiger partial charge on any atom is 0.0422 e. The summed E-state index contributed by atoms with van der Waals surface area (Å²) in [6.07, 6.45) is 5.77. The predicted octanol–water partition coefficient (Wildman–Crippen LogP) is 3.02. The Morgan fingerprint density at radius 3 is 2.86 bits per heavy atom. The van der Waals surface area contributed by atoms with E-state index in [1.54, 1.807) is 0 Å². The van der Waals surface area contributed by atoms with E-state index >= 15 is 0 Å². The van der Waals surface area contributed by atoms with Gasteiger partial charge in [0.25, 0.3) is 0 Å². The molecule has 4 heteroatoms. The summed E-state index contributed by atoms with van der Waals surface area (Å²) in [7, 11) is 0. The lowest BCUT2D eigenvalue weighted by atomic mass is 10.1. The van der Waals surface area contributed by atoms with Crippen molar-refractivity contribution in [1.82, 2.24) is 9.88 Å². The average Bonchev–Trinajstić information content (AvgIpc) is 2.99. The quantitative estimate of drug-likeness (QED) is 0.654. The topological polar surface area (TPSA) is 54.2 Å². The standard InChI is InChI=1S/C17H24N4/c1-13-11-14-15(12-20-13)16(18)5-6-17(14)19-7-4-10-21-8-2-3-9-21/h5-6,11-12,19H,2-4,7-10,18H2,1H3. The van der Waals surface area contributed by atoms with Gasteiger partial charge in [0.05, 0.1) is 0 Å². The zero-order valence-corrected chi connectivity index (χ0v) is 12.7. The normalized spacial score (nSPS) is 15.7. The minimum atomic E-state index is 0.792. The molecule has 1 aromatic heterocycles. The first kappa shape index (κ1) is 14.1. The van der Waals surface area contributed by atoms with Crippen LogP contribution in [-0.4, -0.2) is 36.1 Å². The number of rotatable bonds is 5. The van der Waals surface area contributed by atoms with Crippen molar-refractivity contribution >= 4 is 22.1 Å². The molecule has 1 aliphatic heterocycles. The molecule has 0 bridgehead atoms. The molecule has 4 nitrogen and oxygen atoms in total. The fourth-order valence-electron chi connectivity index (χ4n) is 3.05. The number of pyridine rings is 1. The van der Waals surface area contributed by atoms with E-state index in [0.717, 1.165) is 29.0 Å². The number of nitrogens with one attached hydrogen (secondary N) is 1. The van der Waals surface area contributed by atoms with Crippen LogP contribution < -0.4 is 11.1 Å². The molecule has 1 fully saturated rings. The molecular weight excluding hydrogens is 260 g/mol. The molecule has 3 N–H and O–H groups in total. The van der Waals surface area contributed by atoms with E-state index in [1.807, 2.05) is 19.2 Å². The van der Waals surface area contributed by atoms with Gasteiger partial charge in [-0.2, -0.15) is 0 Å². The predicted molar refractivity (Wildman–Crippen MR) is 89.7 cm³/mol. The lowest BCUT2D eigenvalue weighted by Gasteiger charge is -2.16. The van der Waals surface area contributed by atoms with Gasteiger partial charge >= 0.3 is 0 Å². The Bertz CT molecular complexity index is 617. The average molecular weight is 284 g/mol. The molecule has 112 valence electrons. The number of aryl methyl sites for hydroxylation is 1. The first-order valence-electron chi connectivity index (χ1n) is 7.85. The van der Waals surface area contributed by atoms with E-state index in [1.165, 1.54) is 44.3 Å². The molecule has 1 aromatic carbocycles. The van der Waals surface area contributed by atoms with Crippen LogP contribution in [0.2, 0.25) is 0 Å². The molecule has 2 heterocycles. The number of benzene rings is 1. The summed E-state index contributed by atoms with van der Waals surface area (Å²) in [5.74, 6) is 0. The van der Waals surface area contributed by atoms with E-state index in [4.69, 9.17) is 5.73 Å². The molecule has 0 radical (unpaired) electrons. The highest BCUT2D eigenvalue weighted by atomic mass is 15.1. The van der Waals surface area contributed by atoms with Gasteiger partial charge in [-0.05, 0) is 64.0 Å². The SMILES string of the molecule is Cc1cc2c(NCCCN3CCCC3)ccc(N)c2cn1. The molecule has 0 saturated carbocycles. The molecule has 21 heavy (non-hydrogen) atoms. The molecule has 0 unspecified atom stereocenters. The minimum absolute atomic E-state index is 0.792. The first-order valence-corrected chi connectivity index (χ1v) is 7.85. The van der Waals surface area contributed by atoms with Crippen LogP contribution in [0.4, 0.5) is 11.4 Å². The van der Waals surface area contributed by atoms with Crippen molar-refractivity contribution in [2.75, 3.05) is 37.2 Å². The number of likely N-dealkylation sites (tertiary alicyclic amines) is 1. The smallest absolute Gasteiger partial charge is 0.0422 e. The highest BCUT2D eigenvalue weighted by Gasteiger charge is 2.10. The second-order valence-corrected chi connectivity index (χ2v) is 5.90. The summed E-state index contributed by atoms with van der Waals surface area (Å²) in [5, 5.41) is 5.76. The Balaban J connectivity index is 1.66. The third kappa shape index (κ3) is 3.27. The Kier molecular flexibility index (Phi) is 4.25. The number of aromatic nitrogens is 1. The monoisotopic (exact) mass is 284 g/mol. The van der Waals surface area contributed by atoms with E-state index in [2.05, 4.69) is 27.3 Å². The Morgan fingerprint density at radius 1 is 1.24 bits per heavy atom. The number of anilines is 2. The summed E-state index contributed by atoms with van der Waals surface area (Å²) < 4.78 is 0. The van der Waals surface area contributed by atoms with Crippen molar-refractivity contribution < 1.29 is 0 Å². The van der Waals surface area contributed by atoms with Gasteiger partial charge in [0.1, 0.15) is 0 Å². The number of hydrogen-bond donors (Lipinski definition) is 2. The maximum atomic E-state index is 6.04. The molecule has 0 aliphatic carbocycles. The van der Waals surface area contributed by atoms with Gasteiger partial charge in [0, 0.05) is 40.6 Å². The maximum absolute atomic E-state index is 6.04. The molecule has 3 rings (SSSR count). The minimum Gasteiger partial charge on any atom is -0.398 e. The molecular formula is C17H24N4. The zero-order valence-electron chi connectivity index (χ0n) is 12.7. The molecule has 0 spiro atoms. The molecule has 2 aromatic rings.